The van der Waals surface area contributed by atoms with E-state index in [4.69, 9.17) is 14.9 Å². The lowest BCUT2D eigenvalue weighted by Crippen LogP contribution is -2.16. The van der Waals surface area contributed by atoms with E-state index in [9.17, 15) is 0 Å². The number of furan rings is 1. The van der Waals surface area contributed by atoms with Crippen molar-refractivity contribution in [2.45, 2.75) is 13.0 Å². The van der Waals surface area contributed by atoms with Crippen LogP contribution in [0.2, 0.25) is 0 Å². The highest BCUT2D eigenvalue weighted by molar-refractivity contribution is 5.27. The Morgan fingerprint density at radius 3 is 2.56 bits per heavy atom. The molecular formula is C14H18N2O2. The van der Waals surface area contributed by atoms with Gasteiger partial charge >= 0.3 is 0 Å². The molecule has 0 aliphatic carbocycles. The first-order valence-corrected chi connectivity index (χ1v) is 5.96. The van der Waals surface area contributed by atoms with Gasteiger partial charge in [0.2, 0.25) is 0 Å². The predicted molar refractivity (Wildman–Crippen MR) is 71.5 cm³/mol. The van der Waals surface area contributed by atoms with Gasteiger partial charge in [-0.05, 0) is 36.7 Å². The summed E-state index contributed by atoms with van der Waals surface area (Å²) in [7, 11) is 1.67. The second kappa shape index (κ2) is 6.12. The molecule has 18 heavy (non-hydrogen) atoms. The number of hydrogen-bond acceptors (Lipinski definition) is 4. The number of ether oxygens (including phenoxy) is 1. The second-order valence-electron chi connectivity index (χ2n) is 4.08. The standard InChI is InChI=1S/C14H18N2O2/c1-17-12-4-2-11(3-5-12)8-9-16-10-13-6-7-14(15)18-13/h2-7,16H,8-10,15H2,1H3. The van der Waals surface area contributed by atoms with Crippen molar-refractivity contribution in [3.05, 3.63) is 47.7 Å². The fraction of sp³-hybridized carbons (Fsp3) is 0.286. The monoisotopic (exact) mass is 246 g/mol. The molecular weight excluding hydrogens is 228 g/mol. The Hall–Kier alpha value is -1.94. The van der Waals surface area contributed by atoms with Crippen LogP contribution in [-0.2, 0) is 13.0 Å². The van der Waals surface area contributed by atoms with Crippen molar-refractivity contribution in [2.75, 3.05) is 19.4 Å². The predicted octanol–water partition coefficient (Wildman–Crippen LogP) is 2.20. The third-order valence-electron chi connectivity index (χ3n) is 2.73. The molecule has 1 aromatic heterocycles. The van der Waals surface area contributed by atoms with Crippen LogP contribution < -0.4 is 15.8 Å². The van der Waals surface area contributed by atoms with E-state index < -0.39 is 0 Å². The molecule has 0 atom stereocenters. The van der Waals surface area contributed by atoms with Gasteiger partial charge in [-0.15, -0.1) is 0 Å². The largest absolute Gasteiger partial charge is 0.497 e. The van der Waals surface area contributed by atoms with Gasteiger partial charge in [0.15, 0.2) is 5.88 Å². The number of rotatable bonds is 6. The third kappa shape index (κ3) is 3.53. The number of anilines is 1. The fourth-order valence-corrected chi connectivity index (χ4v) is 1.73. The van der Waals surface area contributed by atoms with Crippen LogP contribution in [0.5, 0.6) is 5.75 Å². The van der Waals surface area contributed by atoms with Gasteiger partial charge in [-0.2, -0.15) is 0 Å². The molecule has 2 rings (SSSR count). The lowest BCUT2D eigenvalue weighted by molar-refractivity contribution is 0.414. The minimum atomic E-state index is 0.460. The zero-order chi connectivity index (χ0) is 12.8. The Kier molecular flexibility index (Phi) is 4.25. The molecule has 0 fully saturated rings. The maximum absolute atomic E-state index is 5.49. The van der Waals surface area contributed by atoms with E-state index in [0.717, 1.165) is 24.5 Å². The summed E-state index contributed by atoms with van der Waals surface area (Å²) >= 11 is 0. The lowest BCUT2D eigenvalue weighted by atomic mass is 10.1. The van der Waals surface area contributed by atoms with E-state index >= 15 is 0 Å². The average Bonchev–Trinajstić information content (AvgIpc) is 2.81. The summed E-state index contributed by atoms with van der Waals surface area (Å²) in [6, 6.07) is 11.7. The molecule has 4 nitrogen and oxygen atoms in total. The van der Waals surface area contributed by atoms with Gasteiger partial charge in [-0.25, -0.2) is 0 Å². The van der Waals surface area contributed by atoms with Crippen molar-refractivity contribution < 1.29 is 9.15 Å². The third-order valence-corrected chi connectivity index (χ3v) is 2.73. The molecule has 3 N–H and O–H groups in total. The summed E-state index contributed by atoms with van der Waals surface area (Å²) in [6.45, 7) is 1.60. The van der Waals surface area contributed by atoms with Gasteiger partial charge in [0, 0.05) is 6.07 Å². The van der Waals surface area contributed by atoms with Crippen LogP contribution in [-0.4, -0.2) is 13.7 Å². The second-order valence-corrected chi connectivity index (χ2v) is 4.08. The molecule has 96 valence electrons. The molecule has 0 spiro atoms. The van der Waals surface area contributed by atoms with Gasteiger partial charge in [0.25, 0.3) is 0 Å². The Labute approximate surface area is 107 Å². The van der Waals surface area contributed by atoms with E-state index in [1.165, 1.54) is 5.56 Å². The molecule has 0 saturated heterocycles. The van der Waals surface area contributed by atoms with Crippen LogP contribution in [0.15, 0.2) is 40.8 Å². The Morgan fingerprint density at radius 2 is 1.94 bits per heavy atom. The Balaban J connectivity index is 1.71. The van der Waals surface area contributed by atoms with Crippen molar-refractivity contribution >= 4 is 5.88 Å². The minimum absolute atomic E-state index is 0.460. The molecule has 4 heteroatoms. The molecule has 0 saturated carbocycles. The van der Waals surface area contributed by atoms with E-state index in [2.05, 4.69) is 17.4 Å². The van der Waals surface area contributed by atoms with Crippen LogP contribution in [0.1, 0.15) is 11.3 Å². The molecule has 0 unspecified atom stereocenters. The normalized spacial score (nSPS) is 10.5. The maximum atomic E-state index is 5.49. The molecule has 2 aromatic rings. The first-order chi connectivity index (χ1) is 8.78. The first-order valence-electron chi connectivity index (χ1n) is 5.96. The van der Waals surface area contributed by atoms with Gasteiger partial charge in [-0.1, -0.05) is 12.1 Å². The summed E-state index contributed by atoms with van der Waals surface area (Å²) in [5.41, 5.74) is 6.77. The lowest BCUT2D eigenvalue weighted by Gasteiger charge is -2.04. The highest BCUT2D eigenvalue weighted by Crippen LogP contribution is 2.11. The minimum Gasteiger partial charge on any atom is -0.497 e. The first kappa shape index (κ1) is 12.5. The van der Waals surface area contributed by atoms with Gasteiger partial charge in [0.1, 0.15) is 11.5 Å². The van der Waals surface area contributed by atoms with Crippen molar-refractivity contribution in [2.24, 2.45) is 0 Å². The smallest absolute Gasteiger partial charge is 0.190 e. The van der Waals surface area contributed by atoms with E-state index in [1.807, 2.05) is 18.2 Å². The molecule has 0 amide bonds. The zero-order valence-electron chi connectivity index (χ0n) is 10.5. The number of methoxy groups -OCH3 is 1. The van der Waals surface area contributed by atoms with E-state index in [0.29, 0.717) is 12.4 Å². The van der Waals surface area contributed by atoms with Crippen molar-refractivity contribution in [3.8, 4) is 5.75 Å². The molecule has 1 heterocycles. The molecule has 1 aromatic carbocycles. The molecule has 0 aliphatic heterocycles. The SMILES string of the molecule is COc1ccc(CCNCc2ccc(N)o2)cc1. The number of benzene rings is 1. The number of nitrogens with one attached hydrogen (secondary N) is 1. The maximum Gasteiger partial charge on any atom is 0.190 e. The van der Waals surface area contributed by atoms with Crippen LogP contribution in [0.3, 0.4) is 0 Å². The topological polar surface area (TPSA) is 60.4 Å². The fourth-order valence-electron chi connectivity index (χ4n) is 1.73. The number of hydrogen-bond donors (Lipinski definition) is 2. The van der Waals surface area contributed by atoms with Gasteiger partial charge < -0.3 is 20.2 Å². The highest BCUT2D eigenvalue weighted by atomic mass is 16.5. The molecule has 0 bridgehead atoms. The Morgan fingerprint density at radius 1 is 1.17 bits per heavy atom. The van der Waals surface area contributed by atoms with Gasteiger partial charge in [0.05, 0.1) is 13.7 Å². The van der Waals surface area contributed by atoms with Crippen LogP contribution in [0.25, 0.3) is 0 Å². The van der Waals surface area contributed by atoms with Crippen LogP contribution in [0.4, 0.5) is 5.88 Å². The summed E-state index contributed by atoms with van der Waals surface area (Å²) in [4.78, 5) is 0. The number of nitrogen functional groups attached to an aromatic ring is 1. The summed E-state index contributed by atoms with van der Waals surface area (Å²) in [5, 5.41) is 3.31. The summed E-state index contributed by atoms with van der Waals surface area (Å²) in [6.07, 6.45) is 0.972. The summed E-state index contributed by atoms with van der Waals surface area (Å²) < 4.78 is 10.4. The zero-order valence-corrected chi connectivity index (χ0v) is 10.5. The van der Waals surface area contributed by atoms with E-state index in [1.54, 1.807) is 13.2 Å². The quantitative estimate of drug-likeness (QED) is 0.767. The highest BCUT2D eigenvalue weighted by Gasteiger charge is 1.98. The van der Waals surface area contributed by atoms with Crippen molar-refractivity contribution in [3.63, 3.8) is 0 Å². The Bertz CT molecular complexity index is 477. The van der Waals surface area contributed by atoms with Gasteiger partial charge in [-0.3, -0.25) is 0 Å². The van der Waals surface area contributed by atoms with Crippen LogP contribution >= 0.6 is 0 Å². The number of nitrogens with two attached hydrogens (primary N) is 1. The van der Waals surface area contributed by atoms with E-state index in [-0.39, 0.29) is 0 Å². The molecule has 0 aliphatic rings. The summed E-state index contributed by atoms with van der Waals surface area (Å²) in [5.74, 6) is 2.21. The molecule has 0 radical (unpaired) electrons. The average molecular weight is 246 g/mol. The van der Waals surface area contributed by atoms with Crippen molar-refractivity contribution in [1.82, 2.24) is 5.32 Å². The van der Waals surface area contributed by atoms with Crippen LogP contribution in [0, 0.1) is 0 Å². The van der Waals surface area contributed by atoms with Crippen molar-refractivity contribution in [1.29, 1.82) is 0 Å².